The fourth-order valence-electron chi connectivity index (χ4n) is 5.00. The standard InChI is InChI=1S/C30H33ClFN5O2/c1-3-38-26-15-19(16-27(28(26)33)39-4-2)18-37-13-11-21(12-14-37)34-30-35-25-10-9-20(31)17-23(25)29(36-30)22-7-5-6-8-24(22)32/h5-10,15-17,21H,3-4,11-14,18,33H2,1-2H3,(H,34,35,36). The van der Waals surface area contributed by atoms with Crippen molar-refractivity contribution in [2.24, 2.45) is 0 Å². The number of anilines is 2. The molecule has 0 spiro atoms. The normalized spacial score (nSPS) is 14.5. The van der Waals surface area contributed by atoms with Crippen molar-refractivity contribution < 1.29 is 13.9 Å². The molecule has 0 bridgehead atoms. The van der Waals surface area contributed by atoms with Crippen LogP contribution in [0, 0.1) is 5.82 Å². The number of nitrogen functional groups attached to an aromatic ring is 1. The molecule has 39 heavy (non-hydrogen) atoms. The molecular weight excluding hydrogens is 517 g/mol. The summed E-state index contributed by atoms with van der Waals surface area (Å²) in [6.07, 6.45) is 1.84. The number of halogens is 2. The van der Waals surface area contributed by atoms with E-state index in [4.69, 9.17) is 36.8 Å². The molecule has 0 aliphatic carbocycles. The van der Waals surface area contributed by atoms with Crippen LogP contribution < -0.4 is 20.5 Å². The summed E-state index contributed by atoms with van der Waals surface area (Å²) in [7, 11) is 0. The predicted molar refractivity (Wildman–Crippen MR) is 155 cm³/mol. The molecular formula is C30H33ClFN5O2. The Morgan fingerprint density at radius 3 is 2.36 bits per heavy atom. The molecule has 9 heteroatoms. The highest BCUT2D eigenvalue weighted by atomic mass is 35.5. The van der Waals surface area contributed by atoms with Crippen LogP contribution in [0.1, 0.15) is 32.3 Å². The number of nitrogens with zero attached hydrogens (tertiary/aromatic N) is 3. The summed E-state index contributed by atoms with van der Waals surface area (Å²) in [6.45, 7) is 7.55. The molecule has 1 aliphatic heterocycles. The molecule has 0 unspecified atom stereocenters. The smallest absolute Gasteiger partial charge is 0.224 e. The molecule has 1 aromatic heterocycles. The number of rotatable bonds is 9. The van der Waals surface area contributed by atoms with Crippen LogP contribution in [0.25, 0.3) is 22.2 Å². The zero-order valence-electron chi connectivity index (χ0n) is 22.2. The lowest BCUT2D eigenvalue weighted by molar-refractivity contribution is 0.210. The summed E-state index contributed by atoms with van der Waals surface area (Å²) < 4.78 is 26.2. The monoisotopic (exact) mass is 549 g/mol. The van der Waals surface area contributed by atoms with E-state index in [0.29, 0.717) is 63.5 Å². The number of ether oxygens (including phenoxy) is 2. The summed E-state index contributed by atoms with van der Waals surface area (Å²) in [4.78, 5) is 11.9. The largest absolute Gasteiger partial charge is 0.492 e. The first-order valence-electron chi connectivity index (χ1n) is 13.3. The number of fused-ring (bicyclic) bond motifs is 1. The van der Waals surface area contributed by atoms with Gasteiger partial charge in [-0.3, -0.25) is 4.90 Å². The van der Waals surface area contributed by atoms with Crippen molar-refractivity contribution in [3.05, 3.63) is 71.0 Å². The first-order chi connectivity index (χ1) is 18.9. The van der Waals surface area contributed by atoms with Gasteiger partial charge in [-0.15, -0.1) is 0 Å². The van der Waals surface area contributed by atoms with Gasteiger partial charge in [-0.25, -0.2) is 14.4 Å². The first-order valence-corrected chi connectivity index (χ1v) is 13.7. The predicted octanol–water partition coefficient (Wildman–Crippen LogP) is 6.55. The number of likely N-dealkylation sites (tertiary alicyclic amines) is 1. The first kappa shape index (κ1) is 27.0. The number of nitrogens with two attached hydrogens (primary N) is 1. The Kier molecular flexibility index (Phi) is 8.33. The lowest BCUT2D eigenvalue weighted by atomic mass is 10.0. The topological polar surface area (TPSA) is 85.5 Å². The molecule has 7 nitrogen and oxygen atoms in total. The molecule has 1 fully saturated rings. The number of hydrogen-bond donors (Lipinski definition) is 2. The van der Waals surface area contributed by atoms with Crippen LogP contribution in [-0.4, -0.2) is 47.2 Å². The van der Waals surface area contributed by atoms with Crippen LogP contribution in [0.5, 0.6) is 11.5 Å². The maximum atomic E-state index is 14.7. The third kappa shape index (κ3) is 6.18. The van der Waals surface area contributed by atoms with E-state index < -0.39 is 0 Å². The van der Waals surface area contributed by atoms with Gasteiger partial charge in [0, 0.05) is 41.6 Å². The third-order valence-electron chi connectivity index (χ3n) is 6.88. The fourth-order valence-corrected chi connectivity index (χ4v) is 5.17. The van der Waals surface area contributed by atoms with E-state index in [-0.39, 0.29) is 11.9 Å². The van der Waals surface area contributed by atoms with Crippen LogP contribution in [0.3, 0.4) is 0 Å². The fraction of sp³-hybridized carbons (Fsp3) is 0.333. The second-order valence-corrected chi connectivity index (χ2v) is 10.0. The molecule has 1 saturated heterocycles. The van der Waals surface area contributed by atoms with Crippen molar-refractivity contribution in [3.63, 3.8) is 0 Å². The van der Waals surface area contributed by atoms with Gasteiger partial charge in [-0.2, -0.15) is 0 Å². The summed E-state index contributed by atoms with van der Waals surface area (Å²) >= 11 is 6.25. The van der Waals surface area contributed by atoms with Gasteiger partial charge in [-0.1, -0.05) is 23.7 Å². The lowest BCUT2D eigenvalue weighted by Gasteiger charge is -2.32. The van der Waals surface area contributed by atoms with Crippen molar-refractivity contribution in [2.75, 3.05) is 37.4 Å². The minimum atomic E-state index is -0.334. The van der Waals surface area contributed by atoms with Gasteiger partial charge in [-0.05, 0) is 74.7 Å². The number of nitrogens with one attached hydrogen (secondary N) is 1. The molecule has 1 aliphatic rings. The van der Waals surface area contributed by atoms with Crippen LogP contribution in [0.15, 0.2) is 54.6 Å². The molecule has 5 rings (SSSR count). The number of hydrogen-bond acceptors (Lipinski definition) is 7. The van der Waals surface area contributed by atoms with Gasteiger partial charge >= 0.3 is 0 Å². The SMILES string of the molecule is CCOc1cc(CN2CCC(Nc3nc(-c4ccccc4F)c4cc(Cl)ccc4n3)CC2)cc(OCC)c1N. The maximum absolute atomic E-state index is 14.7. The van der Waals surface area contributed by atoms with Crippen molar-refractivity contribution >= 4 is 34.1 Å². The van der Waals surface area contributed by atoms with E-state index in [9.17, 15) is 4.39 Å². The Hall–Kier alpha value is -3.62. The molecule has 3 N–H and O–H groups in total. The second kappa shape index (κ2) is 12.1. The molecule has 0 saturated carbocycles. The molecule has 0 atom stereocenters. The van der Waals surface area contributed by atoms with Crippen LogP contribution >= 0.6 is 11.6 Å². The quantitative estimate of drug-likeness (QED) is 0.229. The van der Waals surface area contributed by atoms with Crippen LogP contribution in [0.2, 0.25) is 5.02 Å². The Morgan fingerprint density at radius 2 is 1.69 bits per heavy atom. The molecule has 4 aromatic rings. The van der Waals surface area contributed by atoms with Crippen molar-refractivity contribution in [3.8, 4) is 22.8 Å². The second-order valence-electron chi connectivity index (χ2n) is 9.60. The summed E-state index contributed by atoms with van der Waals surface area (Å²) in [5, 5.41) is 4.77. The van der Waals surface area contributed by atoms with Gasteiger partial charge < -0.3 is 20.5 Å². The lowest BCUT2D eigenvalue weighted by Crippen LogP contribution is -2.39. The minimum Gasteiger partial charge on any atom is -0.492 e. The van der Waals surface area contributed by atoms with Gasteiger partial charge in [0.05, 0.1) is 24.4 Å². The zero-order valence-corrected chi connectivity index (χ0v) is 23.0. The van der Waals surface area contributed by atoms with Crippen molar-refractivity contribution in [1.29, 1.82) is 0 Å². The summed E-state index contributed by atoms with van der Waals surface area (Å²) in [5.74, 6) is 1.48. The number of benzene rings is 3. The maximum Gasteiger partial charge on any atom is 0.224 e. The molecule has 3 aromatic carbocycles. The van der Waals surface area contributed by atoms with E-state index in [2.05, 4.69) is 10.2 Å². The Labute approximate surface area is 233 Å². The third-order valence-corrected chi connectivity index (χ3v) is 7.11. The van der Waals surface area contributed by atoms with E-state index >= 15 is 0 Å². The summed E-state index contributed by atoms with van der Waals surface area (Å²) in [5.41, 5.74) is 9.54. The molecule has 204 valence electrons. The highest BCUT2D eigenvalue weighted by Crippen LogP contribution is 2.35. The average Bonchev–Trinajstić information content (AvgIpc) is 2.93. The highest BCUT2D eigenvalue weighted by Gasteiger charge is 2.22. The molecule has 0 radical (unpaired) electrons. The van der Waals surface area contributed by atoms with E-state index in [0.717, 1.165) is 38.0 Å². The minimum absolute atomic E-state index is 0.198. The van der Waals surface area contributed by atoms with Crippen LogP contribution in [0.4, 0.5) is 16.0 Å². The van der Waals surface area contributed by atoms with Gasteiger partial charge in [0.15, 0.2) is 0 Å². The Balaban J connectivity index is 1.30. The number of aromatic nitrogens is 2. The van der Waals surface area contributed by atoms with Crippen molar-refractivity contribution in [2.45, 2.75) is 39.3 Å². The van der Waals surface area contributed by atoms with Gasteiger partial charge in [0.25, 0.3) is 0 Å². The van der Waals surface area contributed by atoms with E-state index in [1.54, 1.807) is 30.3 Å². The Morgan fingerprint density at radius 1 is 1.00 bits per heavy atom. The van der Waals surface area contributed by atoms with Crippen LogP contribution in [-0.2, 0) is 6.54 Å². The number of piperidine rings is 1. The van der Waals surface area contributed by atoms with Gasteiger partial charge in [0.1, 0.15) is 23.0 Å². The van der Waals surface area contributed by atoms with Gasteiger partial charge in [0.2, 0.25) is 5.95 Å². The van der Waals surface area contributed by atoms with Crippen molar-refractivity contribution in [1.82, 2.24) is 14.9 Å². The van der Waals surface area contributed by atoms with E-state index in [1.807, 2.05) is 32.0 Å². The van der Waals surface area contributed by atoms with E-state index in [1.165, 1.54) is 6.07 Å². The highest BCUT2D eigenvalue weighted by molar-refractivity contribution is 6.31. The Bertz CT molecular complexity index is 1430. The molecule has 0 amide bonds. The summed E-state index contributed by atoms with van der Waals surface area (Å²) in [6, 6.07) is 16.3. The molecule has 2 heterocycles. The average molecular weight is 550 g/mol. The zero-order chi connectivity index (χ0) is 27.4.